The number of nitrogens with one attached hydrogen (secondary N) is 1. The minimum Gasteiger partial charge on any atom is -0.334 e. The highest BCUT2D eigenvalue weighted by Gasteiger charge is 2.64. The number of amides is 1. The fourth-order valence-corrected chi connectivity index (χ4v) is 3.62. The van der Waals surface area contributed by atoms with E-state index in [1.807, 2.05) is 6.07 Å². The Morgan fingerprint density at radius 1 is 1.14 bits per heavy atom. The standard InChI is InChI=1S/C19H12ClF8N7O/c1-33-15(12(18(23,24)25)13(32-33)17(21,22)19(26,27)28)35-5-9(4-30-35)34-6-10(11(20)7-34)14(36)31-16(8-29)2-3-16/h4-7H,2-3H2,1H3,(H,31,36). The second kappa shape index (κ2) is 7.95. The monoisotopic (exact) mass is 541 g/mol. The molecule has 0 spiro atoms. The molecule has 192 valence electrons. The molecule has 0 bridgehead atoms. The van der Waals surface area contributed by atoms with Crippen LogP contribution in [0.2, 0.25) is 5.02 Å². The van der Waals surface area contributed by atoms with Gasteiger partial charge >= 0.3 is 18.3 Å². The Bertz CT molecular complexity index is 1390. The summed E-state index contributed by atoms with van der Waals surface area (Å²) >= 11 is 6.07. The molecular formula is C19H12ClF8N7O. The number of carbonyl (C=O) groups excluding carboxylic acids is 1. The molecule has 0 atom stereocenters. The molecule has 0 unspecified atom stereocenters. The molecule has 8 nitrogen and oxygen atoms in total. The molecule has 1 fully saturated rings. The number of hydrogen-bond acceptors (Lipinski definition) is 4. The van der Waals surface area contributed by atoms with E-state index in [-0.39, 0.29) is 21.0 Å². The summed E-state index contributed by atoms with van der Waals surface area (Å²) < 4.78 is 109. The summed E-state index contributed by atoms with van der Waals surface area (Å²) in [5.74, 6) is -7.79. The number of nitriles is 1. The second-order valence-corrected chi connectivity index (χ2v) is 8.37. The molecule has 1 aliphatic carbocycles. The van der Waals surface area contributed by atoms with Crippen LogP contribution in [0.25, 0.3) is 11.5 Å². The molecule has 1 N–H and O–H groups in total. The van der Waals surface area contributed by atoms with E-state index in [9.17, 15) is 39.9 Å². The number of carbonyl (C=O) groups is 1. The van der Waals surface area contributed by atoms with Crippen LogP contribution in [0.15, 0.2) is 24.8 Å². The average molecular weight is 542 g/mol. The number of aryl methyl sites for hydroxylation is 1. The summed E-state index contributed by atoms with van der Waals surface area (Å²) in [4.78, 5) is 12.4. The van der Waals surface area contributed by atoms with E-state index >= 15 is 0 Å². The van der Waals surface area contributed by atoms with Crippen molar-refractivity contribution in [3.8, 4) is 17.6 Å². The van der Waals surface area contributed by atoms with Crippen molar-refractivity contribution in [3.63, 3.8) is 0 Å². The molecular weight excluding hydrogens is 530 g/mol. The fourth-order valence-electron chi connectivity index (χ4n) is 3.38. The van der Waals surface area contributed by atoms with Gasteiger partial charge < -0.3 is 9.88 Å². The summed E-state index contributed by atoms with van der Waals surface area (Å²) in [5.41, 5.74) is -5.94. The molecule has 1 saturated carbocycles. The summed E-state index contributed by atoms with van der Waals surface area (Å²) in [6.07, 6.45) is -6.87. The summed E-state index contributed by atoms with van der Waals surface area (Å²) in [7, 11) is 0.750. The predicted molar refractivity (Wildman–Crippen MR) is 105 cm³/mol. The Morgan fingerprint density at radius 2 is 1.78 bits per heavy atom. The number of alkyl halides is 8. The average Bonchev–Trinajstić information content (AvgIpc) is 3.08. The van der Waals surface area contributed by atoms with Gasteiger partial charge in [0.25, 0.3) is 5.91 Å². The first-order valence-electron chi connectivity index (χ1n) is 9.76. The zero-order valence-electron chi connectivity index (χ0n) is 17.7. The van der Waals surface area contributed by atoms with Crippen LogP contribution in [0.5, 0.6) is 0 Å². The van der Waals surface area contributed by atoms with Gasteiger partial charge in [-0.05, 0) is 12.8 Å². The number of aromatic nitrogens is 5. The SMILES string of the molecule is Cn1nc(C(F)(F)C(F)(F)F)c(C(F)(F)F)c1-n1cc(-n2cc(Cl)c(C(=O)NC3(C#N)CC3)c2)cn1. The van der Waals surface area contributed by atoms with E-state index in [2.05, 4.69) is 15.5 Å². The smallest absolute Gasteiger partial charge is 0.334 e. The summed E-state index contributed by atoms with van der Waals surface area (Å²) in [6, 6.07) is 1.96. The van der Waals surface area contributed by atoms with Gasteiger partial charge in [0.2, 0.25) is 0 Å². The number of halogens is 9. The van der Waals surface area contributed by atoms with E-state index in [0.717, 1.165) is 19.4 Å². The molecule has 0 aliphatic heterocycles. The molecule has 36 heavy (non-hydrogen) atoms. The van der Waals surface area contributed by atoms with Gasteiger partial charge in [0, 0.05) is 19.4 Å². The van der Waals surface area contributed by atoms with Crippen molar-refractivity contribution >= 4 is 17.5 Å². The molecule has 1 amide bonds. The lowest BCUT2D eigenvalue weighted by atomic mass is 10.1. The van der Waals surface area contributed by atoms with Crippen LogP contribution < -0.4 is 5.32 Å². The third kappa shape index (κ3) is 4.16. The maximum Gasteiger partial charge on any atom is 0.459 e. The fraction of sp³-hybridized carbons (Fsp3) is 0.368. The highest BCUT2D eigenvalue weighted by molar-refractivity contribution is 6.33. The first-order chi connectivity index (χ1) is 16.5. The van der Waals surface area contributed by atoms with Crippen molar-refractivity contribution in [3.05, 3.63) is 46.6 Å². The Morgan fingerprint density at radius 3 is 2.31 bits per heavy atom. The molecule has 3 heterocycles. The highest BCUT2D eigenvalue weighted by Crippen LogP contribution is 2.49. The van der Waals surface area contributed by atoms with E-state index in [4.69, 9.17) is 16.9 Å². The second-order valence-electron chi connectivity index (χ2n) is 7.96. The van der Waals surface area contributed by atoms with Gasteiger partial charge in [-0.15, -0.1) is 0 Å². The lowest BCUT2D eigenvalue weighted by molar-refractivity contribution is -0.292. The summed E-state index contributed by atoms with van der Waals surface area (Å²) in [6.45, 7) is 0. The normalized spacial score (nSPS) is 15.6. The van der Waals surface area contributed by atoms with Gasteiger partial charge in [0.15, 0.2) is 11.5 Å². The quantitative estimate of drug-likeness (QED) is 0.481. The first-order valence-corrected chi connectivity index (χ1v) is 10.1. The Hall–Kier alpha value is -3.61. The predicted octanol–water partition coefficient (Wildman–Crippen LogP) is 4.51. The third-order valence-electron chi connectivity index (χ3n) is 5.38. The van der Waals surface area contributed by atoms with Crippen LogP contribution in [0, 0.1) is 11.3 Å². The highest BCUT2D eigenvalue weighted by atomic mass is 35.5. The van der Waals surface area contributed by atoms with Crippen LogP contribution in [0.3, 0.4) is 0 Å². The van der Waals surface area contributed by atoms with Crippen molar-refractivity contribution in [2.75, 3.05) is 0 Å². The molecule has 17 heteroatoms. The Balaban J connectivity index is 1.74. The first kappa shape index (κ1) is 25.5. The number of nitrogens with zero attached hydrogens (tertiary/aromatic N) is 6. The van der Waals surface area contributed by atoms with E-state index in [1.54, 1.807) is 0 Å². The topological polar surface area (TPSA) is 93.5 Å². The lowest BCUT2D eigenvalue weighted by Crippen LogP contribution is -2.36. The maximum absolute atomic E-state index is 13.9. The van der Waals surface area contributed by atoms with Gasteiger partial charge in [0.05, 0.1) is 34.7 Å². The van der Waals surface area contributed by atoms with E-state index in [1.165, 1.54) is 17.0 Å². The van der Waals surface area contributed by atoms with Crippen molar-refractivity contribution < 1.29 is 39.9 Å². The molecule has 0 aromatic carbocycles. The van der Waals surface area contributed by atoms with Crippen molar-refractivity contribution in [1.29, 1.82) is 5.26 Å². The molecule has 0 saturated heterocycles. The van der Waals surface area contributed by atoms with Crippen LogP contribution in [-0.4, -0.2) is 41.8 Å². The minimum absolute atomic E-state index is 0.0178. The van der Waals surface area contributed by atoms with Crippen molar-refractivity contribution in [1.82, 2.24) is 29.4 Å². The molecule has 3 aromatic rings. The summed E-state index contributed by atoms with van der Waals surface area (Å²) in [5, 5.41) is 18.0. The van der Waals surface area contributed by atoms with Crippen LogP contribution in [0.1, 0.15) is 34.5 Å². The molecule has 1 aliphatic rings. The Labute approximate surface area is 200 Å². The van der Waals surface area contributed by atoms with Crippen LogP contribution >= 0.6 is 11.6 Å². The van der Waals surface area contributed by atoms with Gasteiger partial charge in [-0.25, -0.2) is 9.36 Å². The van der Waals surface area contributed by atoms with E-state index in [0.29, 0.717) is 17.5 Å². The van der Waals surface area contributed by atoms with Gasteiger partial charge in [-0.3, -0.25) is 4.79 Å². The zero-order valence-corrected chi connectivity index (χ0v) is 18.5. The molecule has 4 rings (SSSR count). The van der Waals surface area contributed by atoms with Crippen molar-refractivity contribution in [2.45, 2.75) is 36.7 Å². The van der Waals surface area contributed by atoms with Crippen LogP contribution in [-0.2, 0) is 19.1 Å². The molecule has 0 radical (unpaired) electrons. The number of rotatable bonds is 5. The van der Waals surface area contributed by atoms with Crippen molar-refractivity contribution in [2.24, 2.45) is 7.05 Å². The van der Waals surface area contributed by atoms with Crippen LogP contribution in [0.4, 0.5) is 35.1 Å². The minimum atomic E-state index is -6.34. The van der Waals surface area contributed by atoms with Gasteiger partial charge in [-0.1, -0.05) is 11.6 Å². The third-order valence-corrected chi connectivity index (χ3v) is 5.68. The maximum atomic E-state index is 13.9. The lowest BCUT2D eigenvalue weighted by Gasteiger charge is -2.19. The van der Waals surface area contributed by atoms with E-state index < -0.39 is 46.8 Å². The largest absolute Gasteiger partial charge is 0.459 e. The molecule has 3 aromatic heterocycles. The van der Waals surface area contributed by atoms with Gasteiger partial charge in [0.1, 0.15) is 11.1 Å². The Kier molecular flexibility index (Phi) is 5.63. The van der Waals surface area contributed by atoms with Gasteiger partial charge in [-0.2, -0.15) is 50.6 Å². The number of hydrogen-bond donors (Lipinski definition) is 1. The zero-order chi connectivity index (χ0) is 26.8.